The van der Waals surface area contributed by atoms with Crippen molar-refractivity contribution in [3.63, 3.8) is 0 Å². The monoisotopic (exact) mass is 334 g/mol. The van der Waals surface area contributed by atoms with E-state index in [1.54, 1.807) is 11.3 Å². The molecule has 2 aromatic rings. The Morgan fingerprint density at radius 1 is 1.48 bits per heavy atom. The van der Waals surface area contributed by atoms with Crippen LogP contribution in [-0.4, -0.2) is 46.3 Å². The van der Waals surface area contributed by atoms with Crippen molar-refractivity contribution in [3.05, 3.63) is 22.5 Å². The van der Waals surface area contributed by atoms with Gasteiger partial charge in [-0.2, -0.15) is 11.3 Å². The Balaban J connectivity index is 1.37. The number of nitrogens with zero attached hydrogens (tertiary/aromatic N) is 3. The summed E-state index contributed by atoms with van der Waals surface area (Å²) in [6, 6.07) is 2.03. The lowest BCUT2D eigenvalue weighted by molar-refractivity contribution is -0.131. The van der Waals surface area contributed by atoms with Crippen molar-refractivity contribution in [3.8, 4) is 11.3 Å². The van der Waals surface area contributed by atoms with Crippen LogP contribution in [0.4, 0.5) is 0 Å². The fraction of sp³-hybridized carbons (Fsp3) is 0.533. The molecule has 1 N–H and O–H groups in total. The van der Waals surface area contributed by atoms with Crippen LogP contribution in [0.25, 0.3) is 11.3 Å². The molecule has 2 aliphatic rings. The molecule has 2 aliphatic heterocycles. The van der Waals surface area contributed by atoms with E-state index >= 15 is 0 Å². The average molecular weight is 334 g/mol. The maximum atomic E-state index is 12.0. The van der Waals surface area contributed by atoms with Crippen molar-refractivity contribution in [2.45, 2.75) is 38.2 Å². The molecular weight excluding hydrogens is 316 g/mol. The van der Waals surface area contributed by atoms with Crippen molar-refractivity contribution in [2.75, 3.05) is 13.2 Å². The fourth-order valence-electron chi connectivity index (χ4n) is 2.92. The van der Waals surface area contributed by atoms with Crippen LogP contribution < -0.4 is 5.32 Å². The van der Waals surface area contributed by atoms with E-state index in [0.717, 1.165) is 29.8 Å². The van der Waals surface area contributed by atoms with Crippen molar-refractivity contribution < 1.29 is 14.3 Å². The van der Waals surface area contributed by atoms with Gasteiger partial charge in [0.2, 0.25) is 5.91 Å². The summed E-state index contributed by atoms with van der Waals surface area (Å²) in [6.45, 7) is 2.19. The van der Waals surface area contributed by atoms with Gasteiger partial charge in [0.25, 0.3) is 0 Å². The summed E-state index contributed by atoms with van der Waals surface area (Å²) in [5.74, 6) is -0.0468. The third kappa shape index (κ3) is 3.01. The molecule has 0 aliphatic carbocycles. The Morgan fingerprint density at radius 3 is 3.22 bits per heavy atom. The van der Waals surface area contributed by atoms with Crippen LogP contribution in [0.1, 0.15) is 18.5 Å². The van der Waals surface area contributed by atoms with Gasteiger partial charge >= 0.3 is 0 Å². The highest BCUT2D eigenvalue weighted by Gasteiger charge is 2.27. The Kier molecular flexibility index (Phi) is 4.11. The molecule has 8 heteroatoms. The van der Waals surface area contributed by atoms with Crippen LogP contribution in [0.15, 0.2) is 16.8 Å². The first-order valence-electron chi connectivity index (χ1n) is 7.77. The predicted octanol–water partition coefficient (Wildman–Crippen LogP) is 1.20. The van der Waals surface area contributed by atoms with Crippen LogP contribution in [0, 0.1) is 0 Å². The molecule has 4 heterocycles. The number of thiophene rings is 1. The first-order valence-corrected chi connectivity index (χ1v) is 8.71. The van der Waals surface area contributed by atoms with Crippen LogP contribution in [0.5, 0.6) is 0 Å². The Labute approximate surface area is 137 Å². The van der Waals surface area contributed by atoms with Crippen molar-refractivity contribution in [1.29, 1.82) is 0 Å². The van der Waals surface area contributed by atoms with E-state index in [2.05, 4.69) is 21.0 Å². The molecule has 0 saturated carbocycles. The highest BCUT2D eigenvalue weighted by atomic mass is 32.1. The molecule has 0 bridgehead atoms. The number of carbonyl (C=O) groups excluding carboxylic acids is 1. The summed E-state index contributed by atoms with van der Waals surface area (Å²) >= 11 is 1.64. The molecule has 0 aromatic carbocycles. The lowest BCUT2D eigenvalue weighted by Crippen LogP contribution is -2.42. The SMILES string of the molecule is O=C(NC[C@@H]1Cn2nnc(-c3ccsc3)c2CO1)[C@H]1CCCO1. The third-order valence-electron chi connectivity index (χ3n) is 4.19. The number of fused-ring (bicyclic) bond motifs is 1. The number of rotatable bonds is 4. The number of hydrogen-bond donors (Lipinski definition) is 1. The molecule has 2 atom stereocenters. The summed E-state index contributed by atoms with van der Waals surface area (Å²) in [7, 11) is 0. The molecule has 1 saturated heterocycles. The van der Waals surface area contributed by atoms with Gasteiger partial charge in [0, 0.05) is 24.1 Å². The molecule has 122 valence electrons. The quantitative estimate of drug-likeness (QED) is 0.909. The summed E-state index contributed by atoms with van der Waals surface area (Å²) in [6.07, 6.45) is 1.36. The van der Waals surface area contributed by atoms with E-state index in [9.17, 15) is 4.79 Å². The van der Waals surface area contributed by atoms with Crippen LogP contribution in [-0.2, 0) is 27.4 Å². The minimum absolute atomic E-state index is 0.0468. The number of ether oxygens (including phenoxy) is 2. The second kappa shape index (κ2) is 6.38. The number of carbonyl (C=O) groups is 1. The molecule has 0 radical (unpaired) electrons. The van der Waals surface area contributed by atoms with Gasteiger partial charge in [0.05, 0.1) is 24.9 Å². The van der Waals surface area contributed by atoms with Crippen LogP contribution in [0.2, 0.25) is 0 Å². The van der Waals surface area contributed by atoms with Gasteiger partial charge in [-0.25, -0.2) is 4.68 Å². The first kappa shape index (κ1) is 14.8. The summed E-state index contributed by atoms with van der Waals surface area (Å²) in [4.78, 5) is 12.0. The number of hydrogen-bond acceptors (Lipinski definition) is 6. The molecule has 2 aromatic heterocycles. The van der Waals surface area contributed by atoms with E-state index < -0.39 is 0 Å². The van der Waals surface area contributed by atoms with Gasteiger partial charge in [-0.05, 0) is 24.3 Å². The third-order valence-corrected chi connectivity index (χ3v) is 4.87. The topological polar surface area (TPSA) is 78.3 Å². The van der Waals surface area contributed by atoms with Gasteiger partial charge in [-0.3, -0.25) is 4.79 Å². The number of nitrogens with one attached hydrogen (secondary N) is 1. The molecule has 0 unspecified atom stereocenters. The summed E-state index contributed by atoms with van der Waals surface area (Å²) in [5.41, 5.74) is 2.95. The second-order valence-electron chi connectivity index (χ2n) is 5.76. The Hall–Kier alpha value is -1.77. The van der Waals surface area contributed by atoms with E-state index in [0.29, 0.717) is 26.3 Å². The minimum Gasteiger partial charge on any atom is -0.368 e. The predicted molar refractivity (Wildman–Crippen MR) is 83.9 cm³/mol. The van der Waals surface area contributed by atoms with Crippen molar-refractivity contribution in [1.82, 2.24) is 20.3 Å². The van der Waals surface area contributed by atoms with Gasteiger partial charge in [0.1, 0.15) is 11.8 Å². The highest BCUT2D eigenvalue weighted by Crippen LogP contribution is 2.26. The number of amides is 1. The average Bonchev–Trinajstić information content (AvgIpc) is 3.32. The zero-order valence-corrected chi connectivity index (χ0v) is 13.4. The van der Waals surface area contributed by atoms with Crippen molar-refractivity contribution >= 4 is 17.2 Å². The normalized spacial score (nSPS) is 23.7. The van der Waals surface area contributed by atoms with E-state index in [1.165, 1.54) is 0 Å². The van der Waals surface area contributed by atoms with Gasteiger partial charge in [-0.15, -0.1) is 5.10 Å². The maximum absolute atomic E-state index is 12.0. The molecule has 1 amide bonds. The molecule has 23 heavy (non-hydrogen) atoms. The van der Waals surface area contributed by atoms with Gasteiger partial charge in [-0.1, -0.05) is 5.21 Å². The summed E-state index contributed by atoms with van der Waals surface area (Å²) in [5, 5.41) is 15.5. The van der Waals surface area contributed by atoms with Crippen LogP contribution in [0.3, 0.4) is 0 Å². The van der Waals surface area contributed by atoms with E-state index in [1.807, 2.05) is 16.1 Å². The lowest BCUT2D eigenvalue weighted by atomic mass is 10.2. The van der Waals surface area contributed by atoms with Gasteiger partial charge in [0.15, 0.2) is 0 Å². The molecule has 0 spiro atoms. The highest BCUT2D eigenvalue weighted by molar-refractivity contribution is 7.08. The molecule has 4 rings (SSSR count). The molecule has 7 nitrogen and oxygen atoms in total. The maximum Gasteiger partial charge on any atom is 0.249 e. The molecule has 1 fully saturated rings. The van der Waals surface area contributed by atoms with Gasteiger partial charge < -0.3 is 14.8 Å². The first-order chi connectivity index (χ1) is 11.3. The molecular formula is C15H18N4O3S. The Morgan fingerprint density at radius 2 is 2.43 bits per heavy atom. The minimum atomic E-state index is -0.300. The van der Waals surface area contributed by atoms with E-state index in [-0.39, 0.29) is 18.1 Å². The Bertz CT molecular complexity index is 679. The zero-order valence-electron chi connectivity index (χ0n) is 12.6. The lowest BCUT2D eigenvalue weighted by Gasteiger charge is -2.24. The second-order valence-corrected chi connectivity index (χ2v) is 6.54. The van der Waals surface area contributed by atoms with Crippen molar-refractivity contribution in [2.24, 2.45) is 0 Å². The zero-order chi connectivity index (χ0) is 15.6. The van der Waals surface area contributed by atoms with Crippen LogP contribution >= 0.6 is 11.3 Å². The smallest absolute Gasteiger partial charge is 0.249 e. The van der Waals surface area contributed by atoms with E-state index in [4.69, 9.17) is 9.47 Å². The number of aromatic nitrogens is 3. The summed E-state index contributed by atoms with van der Waals surface area (Å²) < 4.78 is 13.1. The largest absolute Gasteiger partial charge is 0.368 e. The standard InChI is InChI=1S/C15H18N4O3S/c20-15(13-2-1-4-21-13)16-6-11-7-19-12(8-22-11)14(17-18-19)10-3-5-23-9-10/h3,5,9,11,13H,1-2,4,6-8H2,(H,16,20)/t11-,13-/m1/s1. The fourth-order valence-corrected chi connectivity index (χ4v) is 3.56.